The van der Waals surface area contributed by atoms with E-state index in [1.54, 1.807) is 0 Å². The second-order valence-electron chi connectivity index (χ2n) is 6.42. The zero-order chi connectivity index (χ0) is 13.5. The van der Waals surface area contributed by atoms with E-state index in [4.69, 9.17) is 4.74 Å². The first-order chi connectivity index (χ1) is 9.29. The molecule has 1 aliphatic heterocycles. The summed E-state index contributed by atoms with van der Waals surface area (Å²) in [6.45, 7) is 6.66. The molecular weight excluding hydrogens is 236 g/mol. The van der Waals surface area contributed by atoms with Crippen molar-refractivity contribution in [3.05, 3.63) is 0 Å². The Labute approximate surface area is 119 Å². The lowest BCUT2D eigenvalue weighted by Crippen LogP contribution is -2.45. The number of rotatable bonds is 6. The molecule has 1 saturated heterocycles. The van der Waals surface area contributed by atoms with Gasteiger partial charge in [-0.25, -0.2) is 0 Å². The average molecular weight is 268 g/mol. The summed E-state index contributed by atoms with van der Waals surface area (Å²) in [7, 11) is 2.27. The number of ether oxygens (including phenoxy) is 1. The maximum Gasteiger partial charge on any atom is 0.0701 e. The van der Waals surface area contributed by atoms with Gasteiger partial charge >= 0.3 is 0 Å². The Morgan fingerprint density at radius 1 is 1.05 bits per heavy atom. The molecule has 0 amide bonds. The third-order valence-electron chi connectivity index (χ3n) is 4.71. The second-order valence-corrected chi connectivity index (χ2v) is 6.42. The van der Waals surface area contributed by atoms with Crippen molar-refractivity contribution in [3.8, 4) is 0 Å². The molecule has 1 heterocycles. The third kappa shape index (κ3) is 5.05. The van der Waals surface area contributed by atoms with Gasteiger partial charge in [-0.1, -0.05) is 19.8 Å². The summed E-state index contributed by atoms with van der Waals surface area (Å²) in [5, 5.41) is 3.69. The fraction of sp³-hybridized carbons (Fsp3) is 1.00. The minimum absolute atomic E-state index is 0.486. The van der Waals surface area contributed by atoms with E-state index < -0.39 is 0 Å². The lowest BCUT2D eigenvalue weighted by atomic mass is 9.84. The van der Waals surface area contributed by atoms with Gasteiger partial charge in [0.25, 0.3) is 0 Å². The molecule has 0 aromatic heterocycles. The van der Waals surface area contributed by atoms with E-state index in [2.05, 4.69) is 24.2 Å². The molecule has 1 N–H and O–H groups in total. The summed E-state index contributed by atoms with van der Waals surface area (Å²) in [5.41, 5.74) is 0. The van der Waals surface area contributed by atoms with Gasteiger partial charge in [-0.3, -0.25) is 0 Å². The van der Waals surface area contributed by atoms with Crippen LogP contribution in [0.3, 0.4) is 0 Å². The van der Waals surface area contributed by atoms with Gasteiger partial charge in [0.2, 0.25) is 0 Å². The van der Waals surface area contributed by atoms with Gasteiger partial charge in [0, 0.05) is 25.7 Å². The predicted octanol–water partition coefficient (Wildman–Crippen LogP) is 2.66. The quantitative estimate of drug-likeness (QED) is 0.801. The van der Waals surface area contributed by atoms with Crippen molar-refractivity contribution in [3.63, 3.8) is 0 Å². The van der Waals surface area contributed by atoms with Crippen LogP contribution >= 0.6 is 0 Å². The van der Waals surface area contributed by atoms with E-state index in [1.165, 1.54) is 51.5 Å². The van der Waals surface area contributed by atoms with Crippen LogP contribution < -0.4 is 5.32 Å². The zero-order valence-corrected chi connectivity index (χ0v) is 12.9. The maximum atomic E-state index is 5.85. The van der Waals surface area contributed by atoms with Crippen LogP contribution in [0.15, 0.2) is 0 Å². The van der Waals surface area contributed by atoms with Crippen molar-refractivity contribution in [2.75, 3.05) is 33.3 Å². The van der Waals surface area contributed by atoms with Crippen molar-refractivity contribution >= 4 is 0 Å². The Hall–Kier alpha value is -0.120. The van der Waals surface area contributed by atoms with Gasteiger partial charge in [0.1, 0.15) is 0 Å². The molecule has 1 saturated carbocycles. The van der Waals surface area contributed by atoms with Gasteiger partial charge in [0.05, 0.1) is 6.10 Å². The van der Waals surface area contributed by atoms with E-state index in [1.807, 2.05) is 0 Å². The van der Waals surface area contributed by atoms with Crippen molar-refractivity contribution in [1.82, 2.24) is 10.2 Å². The molecule has 0 radical (unpaired) electrons. The normalized spacial score (nSPS) is 32.7. The van der Waals surface area contributed by atoms with Crippen LogP contribution in [0.1, 0.15) is 51.9 Å². The Balaban J connectivity index is 1.74. The molecule has 3 heteroatoms. The first-order valence-corrected chi connectivity index (χ1v) is 8.33. The van der Waals surface area contributed by atoms with E-state index in [0.29, 0.717) is 6.10 Å². The van der Waals surface area contributed by atoms with Crippen LogP contribution in [0.25, 0.3) is 0 Å². The molecule has 3 unspecified atom stereocenters. The van der Waals surface area contributed by atoms with Crippen molar-refractivity contribution in [2.24, 2.45) is 5.92 Å². The fourth-order valence-corrected chi connectivity index (χ4v) is 3.73. The molecule has 1 aliphatic carbocycles. The van der Waals surface area contributed by atoms with Crippen molar-refractivity contribution < 1.29 is 4.74 Å². The Kier molecular flexibility index (Phi) is 6.62. The standard InChI is InChI=1S/C16H32N2O/c1-3-17-16-10-5-4-8-14(16)12-18(2)13-15-9-6-7-11-19-15/h14-17H,3-13H2,1-2H3. The Morgan fingerprint density at radius 3 is 2.58 bits per heavy atom. The highest BCUT2D eigenvalue weighted by atomic mass is 16.5. The number of likely N-dealkylation sites (N-methyl/N-ethyl adjacent to an activating group) is 1. The van der Waals surface area contributed by atoms with E-state index in [0.717, 1.165) is 31.7 Å². The Morgan fingerprint density at radius 2 is 1.84 bits per heavy atom. The van der Waals surface area contributed by atoms with E-state index >= 15 is 0 Å². The predicted molar refractivity (Wildman–Crippen MR) is 80.5 cm³/mol. The molecule has 2 aliphatic rings. The molecule has 112 valence electrons. The summed E-state index contributed by atoms with van der Waals surface area (Å²) in [4.78, 5) is 2.51. The molecule has 19 heavy (non-hydrogen) atoms. The van der Waals surface area contributed by atoms with Crippen LogP contribution in [0.5, 0.6) is 0 Å². The minimum Gasteiger partial charge on any atom is -0.377 e. The van der Waals surface area contributed by atoms with Crippen LogP contribution in [-0.4, -0.2) is 50.3 Å². The monoisotopic (exact) mass is 268 g/mol. The molecule has 0 aromatic rings. The number of nitrogens with one attached hydrogen (secondary N) is 1. The highest BCUT2D eigenvalue weighted by molar-refractivity contribution is 4.83. The smallest absolute Gasteiger partial charge is 0.0701 e. The number of hydrogen-bond donors (Lipinski definition) is 1. The summed E-state index contributed by atoms with van der Waals surface area (Å²) in [6, 6.07) is 0.744. The van der Waals surface area contributed by atoms with Crippen LogP contribution in [0, 0.1) is 5.92 Å². The van der Waals surface area contributed by atoms with Gasteiger partial charge in [-0.05, 0) is 51.6 Å². The van der Waals surface area contributed by atoms with Crippen molar-refractivity contribution in [2.45, 2.75) is 64.0 Å². The topological polar surface area (TPSA) is 24.5 Å². The van der Waals surface area contributed by atoms with Gasteiger partial charge in [-0.15, -0.1) is 0 Å². The molecule has 0 bridgehead atoms. The summed E-state index contributed by atoms with van der Waals surface area (Å²) < 4.78 is 5.85. The molecule has 0 spiro atoms. The second kappa shape index (κ2) is 8.23. The SMILES string of the molecule is CCNC1CCCCC1CN(C)CC1CCCCO1. The first-order valence-electron chi connectivity index (χ1n) is 8.33. The Bertz CT molecular complexity index is 239. The van der Waals surface area contributed by atoms with Crippen LogP contribution in [0.2, 0.25) is 0 Å². The van der Waals surface area contributed by atoms with Crippen LogP contribution in [-0.2, 0) is 4.74 Å². The molecule has 3 atom stereocenters. The molecule has 3 nitrogen and oxygen atoms in total. The summed E-state index contributed by atoms with van der Waals surface area (Å²) >= 11 is 0. The molecule has 2 rings (SSSR count). The number of nitrogens with zero attached hydrogens (tertiary/aromatic N) is 1. The highest BCUT2D eigenvalue weighted by Gasteiger charge is 2.26. The first kappa shape index (κ1) is 15.3. The van der Waals surface area contributed by atoms with Crippen molar-refractivity contribution in [1.29, 1.82) is 0 Å². The molecular formula is C16H32N2O. The van der Waals surface area contributed by atoms with Crippen LogP contribution in [0.4, 0.5) is 0 Å². The summed E-state index contributed by atoms with van der Waals surface area (Å²) in [6.07, 6.45) is 9.93. The molecule has 0 aromatic carbocycles. The maximum absolute atomic E-state index is 5.85. The van der Waals surface area contributed by atoms with E-state index in [-0.39, 0.29) is 0 Å². The zero-order valence-electron chi connectivity index (χ0n) is 12.9. The molecule has 2 fully saturated rings. The lowest BCUT2D eigenvalue weighted by Gasteiger charge is -2.36. The lowest BCUT2D eigenvalue weighted by molar-refractivity contribution is -0.00510. The minimum atomic E-state index is 0.486. The van der Waals surface area contributed by atoms with Gasteiger partial charge < -0.3 is 15.0 Å². The fourth-order valence-electron chi connectivity index (χ4n) is 3.73. The summed E-state index contributed by atoms with van der Waals surface area (Å²) in [5.74, 6) is 0.835. The highest BCUT2D eigenvalue weighted by Crippen LogP contribution is 2.25. The number of hydrogen-bond acceptors (Lipinski definition) is 3. The third-order valence-corrected chi connectivity index (χ3v) is 4.71. The van der Waals surface area contributed by atoms with Gasteiger partial charge in [-0.2, -0.15) is 0 Å². The largest absolute Gasteiger partial charge is 0.377 e. The van der Waals surface area contributed by atoms with Gasteiger partial charge in [0.15, 0.2) is 0 Å². The van der Waals surface area contributed by atoms with E-state index in [9.17, 15) is 0 Å². The average Bonchev–Trinajstić information content (AvgIpc) is 2.42.